The average molecular weight is 577 g/mol. The zero-order valence-corrected chi connectivity index (χ0v) is 22.2. The number of carbonyl (C=O) groups is 1. The van der Waals surface area contributed by atoms with Crippen molar-refractivity contribution in [3.05, 3.63) is 126 Å². The normalized spacial score (nSPS) is 11.4. The minimum absolute atomic E-state index is 0.0360. The Morgan fingerprint density at radius 2 is 1.65 bits per heavy atom. The Balaban J connectivity index is 1.37. The van der Waals surface area contributed by atoms with Gasteiger partial charge < -0.3 is 21.6 Å². The van der Waals surface area contributed by atoms with Gasteiger partial charge in [-0.3, -0.25) is 9.20 Å². The molecule has 43 heavy (non-hydrogen) atoms. The quantitative estimate of drug-likeness (QED) is 0.0811. The minimum atomic E-state index is -0.957. The SMILES string of the molecule is N/C(=N\O)c1cccc(Nc2nccc(-c3c(-c4cccc(NC(=O)c5c(F)cccc5F)c4)nc4ccccn34)n2)c1. The van der Waals surface area contributed by atoms with Gasteiger partial charge in [-0.05, 0) is 54.6 Å². The number of hydrogen-bond donors (Lipinski definition) is 4. The summed E-state index contributed by atoms with van der Waals surface area (Å²) < 4.78 is 30.3. The number of aromatic nitrogens is 4. The van der Waals surface area contributed by atoms with E-state index >= 15 is 0 Å². The number of nitrogens with two attached hydrogens (primary N) is 1. The highest BCUT2D eigenvalue weighted by Gasteiger charge is 2.20. The molecule has 3 heterocycles. The van der Waals surface area contributed by atoms with Crippen LogP contribution in [0.5, 0.6) is 0 Å². The number of benzene rings is 3. The van der Waals surface area contributed by atoms with Crippen molar-refractivity contribution in [2.75, 3.05) is 10.6 Å². The number of oxime groups is 1. The molecule has 0 bridgehead atoms. The molecule has 0 radical (unpaired) electrons. The zero-order valence-electron chi connectivity index (χ0n) is 22.2. The van der Waals surface area contributed by atoms with Crippen molar-refractivity contribution in [2.24, 2.45) is 10.9 Å². The molecule has 0 aliphatic rings. The molecule has 0 saturated carbocycles. The van der Waals surface area contributed by atoms with E-state index in [0.717, 1.165) is 12.1 Å². The molecule has 212 valence electrons. The first-order valence-corrected chi connectivity index (χ1v) is 12.9. The lowest BCUT2D eigenvalue weighted by Gasteiger charge is -2.10. The first-order chi connectivity index (χ1) is 20.9. The van der Waals surface area contributed by atoms with Gasteiger partial charge in [0.25, 0.3) is 5.91 Å². The van der Waals surface area contributed by atoms with E-state index in [4.69, 9.17) is 20.9 Å². The van der Waals surface area contributed by atoms with Gasteiger partial charge >= 0.3 is 0 Å². The molecule has 10 nitrogen and oxygen atoms in total. The van der Waals surface area contributed by atoms with E-state index < -0.39 is 23.1 Å². The molecule has 0 unspecified atom stereocenters. The summed E-state index contributed by atoms with van der Waals surface area (Å²) in [6.45, 7) is 0. The predicted octanol–water partition coefficient (Wildman–Crippen LogP) is 5.83. The number of nitrogens with zero attached hydrogens (tertiary/aromatic N) is 5. The van der Waals surface area contributed by atoms with E-state index in [-0.39, 0.29) is 5.84 Å². The van der Waals surface area contributed by atoms with Gasteiger partial charge in [0.05, 0.1) is 17.1 Å². The van der Waals surface area contributed by atoms with E-state index in [1.165, 1.54) is 6.07 Å². The Morgan fingerprint density at radius 1 is 0.884 bits per heavy atom. The van der Waals surface area contributed by atoms with Gasteiger partial charge in [-0.1, -0.05) is 41.6 Å². The van der Waals surface area contributed by atoms with Gasteiger partial charge in [0.15, 0.2) is 5.84 Å². The maximum absolute atomic E-state index is 14.2. The molecule has 3 aromatic heterocycles. The van der Waals surface area contributed by atoms with E-state index in [2.05, 4.69) is 20.8 Å². The Hall–Kier alpha value is -6.17. The second-order valence-corrected chi connectivity index (χ2v) is 9.33. The number of nitrogens with one attached hydrogen (secondary N) is 2. The fourth-order valence-electron chi connectivity index (χ4n) is 4.59. The van der Waals surface area contributed by atoms with Gasteiger partial charge in [0.1, 0.15) is 22.8 Å². The van der Waals surface area contributed by atoms with E-state index in [0.29, 0.717) is 51.2 Å². The van der Waals surface area contributed by atoms with Crippen molar-refractivity contribution in [1.29, 1.82) is 0 Å². The summed E-state index contributed by atoms with van der Waals surface area (Å²) >= 11 is 0. The van der Waals surface area contributed by atoms with Gasteiger partial charge in [-0.25, -0.2) is 23.7 Å². The summed E-state index contributed by atoms with van der Waals surface area (Å²) in [5.74, 6) is -2.57. The Bertz CT molecular complexity index is 2010. The lowest BCUT2D eigenvalue weighted by molar-refractivity contribution is 0.101. The summed E-state index contributed by atoms with van der Waals surface area (Å²) in [6.07, 6.45) is 3.45. The third-order valence-electron chi connectivity index (χ3n) is 6.53. The van der Waals surface area contributed by atoms with Gasteiger partial charge in [-0.2, -0.15) is 0 Å². The molecule has 0 saturated heterocycles. The number of amides is 1. The number of halogens is 2. The molecule has 5 N–H and O–H groups in total. The number of anilines is 3. The van der Waals surface area contributed by atoms with Crippen LogP contribution in [0.4, 0.5) is 26.1 Å². The first kappa shape index (κ1) is 27.0. The van der Waals surface area contributed by atoms with Crippen molar-refractivity contribution >= 4 is 34.7 Å². The molecule has 1 amide bonds. The summed E-state index contributed by atoms with van der Waals surface area (Å²) in [5.41, 5.74) is 9.53. The molecule has 0 aliphatic heterocycles. The lowest BCUT2D eigenvalue weighted by atomic mass is 10.1. The molecule has 3 aromatic carbocycles. The minimum Gasteiger partial charge on any atom is -0.409 e. The maximum atomic E-state index is 14.2. The molecule has 0 atom stereocenters. The van der Waals surface area contributed by atoms with Crippen molar-refractivity contribution in [1.82, 2.24) is 19.4 Å². The maximum Gasteiger partial charge on any atom is 0.261 e. The Morgan fingerprint density at radius 3 is 2.47 bits per heavy atom. The van der Waals surface area contributed by atoms with Crippen molar-refractivity contribution in [3.8, 4) is 22.6 Å². The number of imidazole rings is 1. The number of fused-ring (bicyclic) bond motifs is 1. The molecule has 6 rings (SSSR count). The van der Waals surface area contributed by atoms with E-state index in [9.17, 15) is 13.6 Å². The van der Waals surface area contributed by atoms with Gasteiger partial charge in [-0.15, -0.1) is 0 Å². The van der Waals surface area contributed by atoms with Crippen LogP contribution >= 0.6 is 0 Å². The highest BCUT2D eigenvalue weighted by Crippen LogP contribution is 2.33. The topological polar surface area (TPSA) is 143 Å². The fraction of sp³-hybridized carbons (Fsp3) is 0. The smallest absolute Gasteiger partial charge is 0.261 e. The van der Waals surface area contributed by atoms with Crippen LogP contribution in [0.15, 0.2) is 109 Å². The summed E-state index contributed by atoms with van der Waals surface area (Å²) in [4.78, 5) is 26.6. The lowest BCUT2D eigenvalue weighted by Crippen LogP contribution is -2.15. The zero-order chi connectivity index (χ0) is 29.9. The molecular weight excluding hydrogens is 554 g/mol. The summed E-state index contributed by atoms with van der Waals surface area (Å²) in [7, 11) is 0. The highest BCUT2D eigenvalue weighted by atomic mass is 19.1. The van der Waals surface area contributed by atoms with Crippen molar-refractivity contribution in [2.45, 2.75) is 0 Å². The Kier molecular flexibility index (Phi) is 7.15. The van der Waals surface area contributed by atoms with Crippen LogP contribution in [0.3, 0.4) is 0 Å². The third-order valence-corrected chi connectivity index (χ3v) is 6.53. The number of rotatable bonds is 7. The molecule has 6 aromatic rings. The summed E-state index contributed by atoms with van der Waals surface area (Å²) in [5, 5.41) is 17.8. The van der Waals surface area contributed by atoms with Crippen LogP contribution in [0.25, 0.3) is 28.3 Å². The van der Waals surface area contributed by atoms with Crippen LogP contribution in [-0.2, 0) is 0 Å². The second kappa shape index (κ2) is 11.4. The van der Waals surface area contributed by atoms with Gasteiger partial charge in [0, 0.05) is 34.9 Å². The fourth-order valence-corrected chi connectivity index (χ4v) is 4.59. The third kappa shape index (κ3) is 5.44. The van der Waals surface area contributed by atoms with Crippen LogP contribution in [0, 0.1) is 11.6 Å². The Labute approximate surface area is 243 Å². The molecule has 0 fully saturated rings. The number of hydrogen-bond acceptors (Lipinski definition) is 7. The molecule has 0 aliphatic carbocycles. The van der Waals surface area contributed by atoms with E-state index in [1.54, 1.807) is 54.7 Å². The van der Waals surface area contributed by atoms with Crippen LogP contribution in [0.1, 0.15) is 15.9 Å². The highest BCUT2D eigenvalue weighted by molar-refractivity contribution is 6.05. The second-order valence-electron chi connectivity index (χ2n) is 9.33. The standard InChI is InChI=1S/C31H22F2N8O2/c32-22-10-5-11-23(33)26(22)30(42)36-20-8-3-6-18(16-20)27-28(41-15-2-1-12-25(41)39-27)24-13-14-35-31(38-24)37-21-9-4-7-19(17-21)29(34)40-43/h1-17,43H,(H2,34,40)(H,36,42)(H,35,37,38). The average Bonchev–Trinajstić information content (AvgIpc) is 3.41. The molecule has 12 heteroatoms. The van der Waals surface area contributed by atoms with Crippen molar-refractivity contribution < 1.29 is 18.8 Å². The molecule has 0 spiro atoms. The monoisotopic (exact) mass is 576 g/mol. The first-order valence-electron chi connectivity index (χ1n) is 12.9. The van der Waals surface area contributed by atoms with Gasteiger partial charge in [0.2, 0.25) is 5.95 Å². The van der Waals surface area contributed by atoms with E-state index in [1.807, 2.05) is 34.9 Å². The predicted molar refractivity (Wildman–Crippen MR) is 158 cm³/mol. The number of amidine groups is 1. The number of carbonyl (C=O) groups excluding carboxylic acids is 1. The van der Waals surface area contributed by atoms with Crippen LogP contribution in [0.2, 0.25) is 0 Å². The number of pyridine rings is 1. The van der Waals surface area contributed by atoms with Crippen LogP contribution in [-0.4, -0.2) is 36.3 Å². The molecular formula is C31H22F2N8O2. The van der Waals surface area contributed by atoms with Crippen LogP contribution < -0.4 is 16.4 Å². The van der Waals surface area contributed by atoms with Crippen molar-refractivity contribution in [3.63, 3.8) is 0 Å². The largest absolute Gasteiger partial charge is 0.409 e. The summed E-state index contributed by atoms with van der Waals surface area (Å²) in [6, 6.07) is 24.3.